The Hall–Kier alpha value is -0.990. The van der Waals surface area contributed by atoms with Crippen LogP contribution < -0.4 is 0 Å². The zero-order valence-corrected chi connectivity index (χ0v) is 38.4. The first-order valence-corrected chi connectivity index (χ1v) is 25.0. The van der Waals surface area contributed by atoms with Crippen molar-refractivity contribution in [1.82, 2.24) is 0 Å². The maximum absolute atomic E-state index is 12.6. The molecular weight excluding hydrogens is 725 g/mol. The highest BCUT2D eigenvalue weighted by Gasteiger charge is 2.59. The van der Waals surface area contributed by atoms with E-state index in [9.17, 15) is 20.1 Å². The molecule has 1 heterocycles. The van der Waals surface area contributed by atoms with Gasteiger partial charge < -0.3 is 29.5 Å². The van der Waals surface area contributed by atoms with Gasteiger partial charge in [-0.05, 0) is 116 Å². The number of allylic oxidation sites excluding steroid dienone is 1. The third kappa shape index (κ3) is 11.9. The molecule has 7 nitrogen and oxygen atoms in total. The van der Waals surface area contributed by atoms with Crippen LogP contribution in [0.1, 0.15) is 209 Å². The van der Waals surface area contributed by atoms with Crippen molar-refractivity contribution in [3.05, 3.63) is 11.6 Å². The molecule has 4 aliphatic carbocycles. The van der Waals surface area contributed by atoms with E-state index in [0.29, 0.717) is 17.8 Å². The first-order valence-electron chi connectivity index (χ1n) is 25.0. The number of unbranched alkanes of at least 4 members (excludes halogenated alkanes) is 12. The Kier molecular flexibility index (Phi) is 19.0. The number of carbonyl (C=O) groups excluding carboxylic acids is 1. The Morgan fingerprint density at radius 1 is 0.810 bits per heavy atom. The van der Waals surface area contributed by atoms with Crippen LogP contribution in [0, 0.1) is 52.3 Å². The van der Waals surface area contributed by atoms with Gasteiger partial charge in [-0.2, -0.15) is 0 Å². The fraction of sp³-hybridized carbons (Fsp3) is 0.941. The van der Waals surface area contributed by atoms with Gasteiger partial charge in [-0.1, -0.05) is 150 Å². The molecule has 3 N–H and O–H groups in total. The summed E-state index contributed by atoms with van der Waals surface area (Å²) in [5.41, 5.74) is 2.11. The summed E-state index contributed by atoms with van der Waals surface area (Å²) >= 11 is 0. The molecule has 0 bridgehead atoms. The van der Waals surface area contributed by atoms with E-state index in [1.165, 1.54) is 115 Å². The molecule has 1 aliphatic heterocycles. The van der Waals surface area contributed by atoms with E-state index in [-0.39, 0.29) is 24.1 Å². The van der Waals surface area contributed by atoms with Crippen molar-refractivity contribution in [2.45, 2.75) is 246 Å². The lowest BCUT2D eigenvalue weighted by Gasteiger charge is -2.58. The van der Waals surface area contributed by atoms with Crippen molar-refractivity contribution in [2.24, 2.45) is 52.3 Å². The van der Waals surface area contributed by atoms with Crippen molar-refractivity contribution in [2.75, 3.05) is 6.61 Å². The predicted octanol–water partition coefficient (Wildman–Crippen LogP) is 11.9. The molecule has 1 saturated heterocycles. The van der Waals surface area contributed by atoms with Crippen molar-refractivity contribution >= 4 is 5.97 Å². The molecule has 7 heteroatoms. The molecule has 5 rings (SSSR count). The van der Waals surface area contributed by atoms with Crippen molar-refractivity contribution in [1.29, 1.82) is 0 Å². The lowest BCUT2D eigenvalue weighted by atomic mass is 9.47. The number of rotatable bonds is 24. The highest BCUT2D eigenvalue weighted by Crippen LogP contribution is 2.67. The minimum atomic E-state index is -1.51. The number of aliphatic hydroxyl groups is 3. The summed E-state index contributed by atoms with van der Waals surface area (Å²) in [6, 6.07) is 0. The maximum atomic E-state index is 12.6. The summed E-state index contributed by atoms with van der Waals surface area (Å²) in [7, 11) is 0. The summed E-state index contributed by atoms with van der Waals surface area (Å²) in [5, 5.41) is 32.9. The van der Waals surface area contributed by atoms with Crippen LogP contribution in [0.5, 0.6) is 0 Å². The van der Waals surface area contributed by atoms with E-state index >= 15 is 0 Å². The molecule has 336 valence electrons. The molecule has 3 saturated carbocycles. The number of fused-ring (bicyclic) bond motifs is 5. The number of aliphatic hydroxyl groups excluding tert-OH is 3. The topological polar surface area (TPSA) is 105 Å². The second kappa shape index (κ2) is 22.9. The molecule has 0 aromatic carbocycles. The lowest BCUT2D eigenvalue weighted by molar-refractivity contribution is -0.302. The summed E-state index contributed by atoms with van der Waals surface area (Å²) < 4.78 is 17.6. The first kappa shape index (κ1) is 48.0. The molecule has 0 aromatic rings. The van der Waals surface area contributed by atoms with Crippen LogP contribution in [0.3, 0.4) is 0 Å². The van der Waals surface area contributed by atoms with E-state index in [1.807, 2.05) is 0 Å². The predicted molar refractivity (Wildman–Crippen MR) is 235 cm³/mol. The highest BCUT2D eigenvalue weighted by molar-refractivity contribution is 5.69. The molecule has 14 atom stereocenters. The van der Waals surface area contributed by atoms with Gasteiger partial charge >= 0.3 is 5.97 Å². The van der Waals surface area contributed by atoms with Crippen LogP contribution in [0.25, 0.3) is 0 Å². The quantitative estimate of drug-likeness (QED) is 0.0506. The number of hydrogen-bond donors (Lipinski definition) is 3. The third-order valence-electron chi connectivity index (χ3n) is 17.2. The SMILES string of the molecule is CCCCCCCCCCCCCCCC(=O)OC[C@H]1O[C@@H](O)[C@H](O)[C@@H](O[C@H]2CC[C@@]3(C)C(=CC[C@H]4[C@@H]5CC[C@H]([C@H](C)CC[C@@H](CC)C(C)C)[C@@]5(C)CC[C@@H]43)C2)[C@@H]1O. The second-order valence-electron chi connectivity index (χ2n) is 21.1. The van der Waals surface area contributed by atoms with E-state index < -0.39 is 30.7 Å². The maximum Gasteiger partial charge on any atom is 0.305 e. The van der Waals surface area contributed by atoms with Crippen molar-refractivity contribution < 1.29 is 34.3 Å². The van der Waals surface area contributed by atoms with Crippen molar-refractivity contribution in [3.63, 3.8) is 0 Å². The smallest absolute Gasteiger partial charge is 0.305 e. The van der Waals surface area contributed by atoms with Gasteiger partial charge in [0.2, 0.25) is 0 Å². The van der Waals surface area contributed by atoms with E-state index in [4.69, 9.17) is 14.2 Å². The van der Waals surface area contributed by atoms with Gasteiger partial charge in [0.15, 0.2) is 6.29 Å². The van der Waals surface area contributed by atoms with Gasteiger partial charge in [-0.25, -0.2) is 0 Å². The van der Waals surface area contributed by atoms with E-state index in [1.54, 1.807) is 0 Å². The molecule has 0 unspecified atom stereocenters. The zero-order valence-electron chi connectivity index (χ0n) is 38.4. The Balaban J connectivity index is 1.04. The van der Waals surface area contributed by atoms with Crippen molar-refractivity contribution in [3.8, 4) is 0 Å². The summed E-state index contributed by atoms with van der Waals surface area (Å²) in [6.45, 7) is 17.0. The van der Waals surface area contributed by atoms with Crippen LogP contribution in [0.2, 0.25) is 0 Å². The molecule has 0 amide bonds. The van der Waals surface area contributed by atoms with Crippen LogP contribution in [-0.2, 0) is 19.0 Å². The number of esters is 1. The Morgan fingerprint density at radius 3 is 2.10 bits per heavy atom. The molecule has 0 radical (unpaired) electrons. The molecule has 0 aromatic heterocycles. The van der Waals surface area contributed by atoms with E-state index in [2.05, 4.69) is 54.5 Å². The number of ether oxygens (including phenoxy) is 3. The molecule has 0 spiro atoms. The normalized spacial score (nSPS) is 37.1. The van der Waals surface area contributed by atoms with Gasteiger partial charge in [0.1, 0.15) is 31.0 Å². The fourth-order valence-electron chi connectivity index (χ4n) is 13.4. The summed E-state index contributed by atoms with van der Waals surface area (Å²) in [5.74, 6) is 5.21. The largest absolute Gasteiger partial charge is 0.463 e. The average molecular weight is 815 g/mol. The number of hydrogen-bond acceptors (Lipinski definition) is 7. The Morgan fingerprint density at radius 2 is 1.47 bits per heavy atom. The second-order valence-corrected chi connectivity index (χ2v) is 21.1. The van der Waals surface area contributed by atoms with Crippen LogP contribution in [0.15, 0.2) is 11.6 Å². The molecule has 5 aliphatic rings. The molecule has 58 heavy (non-hydrogen) atoms. The first-order chi connectivity index (χ1) is 27.8. The average Bonchev–Trinajstić information content (AvgIpc) is 3.56. The van der Waals surface area contributed by atoms with Crippen LogP contribution >= 0.6 is 0 Å². The zero-order chi connectivity index (χ0) is 41.9. The summed E-state index contributed by atoms with van der Waals surface area (Å²) in [4.78, 5) is 12.6. The third-order valence-corrected chi connectivity index (χ3v) is 17.2. The van der Waals surface area contributed by atoms with Gasteiger partial charge in [0.25, 0.3) is 0 Å². The Bertz CT molecular complexity index is 1250. The highest BCUT2D eigenvalue weighted by atomic mass is 16.7. The van der Waals surface area contributed by atoms with Crippen LogP contribution in [-0.4, -0.2) is 64.7 Å². The van der Waals surface area contributed by atoms with Gasteiger partial charge in [0, 0.05) is 6.42 Å². The van der Waals surface area contributed by atoms with E-state index in [0.717, 1.165) is 80.5 Å². The summed E-state index contributed by atoms with van der Waals surface area (Å²) in [6.07, 6.45) is 26.2. The standard InChI is InChI=1S/C51H90O7/c1-8-10-11-12-13-14-15-16-17-18-19-20-21-22-45(52)56-34-44-46(53)48(47(54)49(55)58-44)57-39-29-31-50(6)38(33-39)25-26-40-42-28-27-41(51(42,7)32-30-43(40)50)36(5)23-24-37(9-2)35(3)4/h25,35-37,39-44,46-49,53-55H,8-24,26-34H2,1-7H3/t36-,37-,39+,40+,41-,42+,43+,44-,46-,47-,48+,49-,50+,51-/m1/s1. The van der Waals surface area contributed by atoms with Crippen LogP contribution in [0.4, 0.5) is 0 Å². The Labute approximate surface area is 355 Å². The molecular formula is C51H90O7. The molecule has 4 fully saturated rings. The van der Waals surface area contributed by atoms with Gasteiger partial charge in [0.05, 0.1) is 6.10 Å². The minimum Gasteiger partial charge on any atom is -0.463 e. The van der Waals surface area contributed by atoms with Gasteiger partial charge in [-0.15, -0.1) is 0 Å². The lowest BCUT2D eigenvalue weighted by Crippen LogP contribution is -2.60. The number of carbonyl (C=O) groups is 1. The monoisotopic (exact) mass is 815 g/mol. The van der Waals surface area contributed by atoms with Gasteiger partial charge in [-0.3, -0.25) is 4.79 Å². The minimum absolute atomic E-state index is 0.155. The fourth-order valence-corrected chi connectivity index (χ4v) is 13.4.